The number of nitrogens with zero attached hydrogens (tertiary/aromatic N) is 1. The minimum atomic E-state index is -0.113. The van der Waals surface area contributed by atoms with Gasteiger partial charge in [0.1, 0.15) is 0 Å². The monoisotopic (exact) mass is 425 g/mol. The van der Waals surface area contributed by atoms with Crippen LogP contribution in [0.2, 0.25) is 0 Å². The first-order valence-electron chi connectivity index (χ1n) is 9.09. The molecule has 1 heterocycles. The zero-order valence-corrected chi connectivity index (χ0v) is 17.9. The first-order chi connectivity index (χ1) is 12.5. The van der Waals surface area contributed by atoms with E-state index in [9.17, 15) is 4.79 Å². The Bertz CT molecular complexity index is 746. The molecule has 3 rings (SSSR count). The lowest BCUT2D eigenvalue weighted by Crippen LogP contribution is -2.44. The molecule has 1 fully saturated rings. The predicted molar refractivity (Wildman–Crippen MR) is 118 cm³/mol. The van der Waals surface area contributed by atoms with E-state index in [-0.39, 0.29) is 42.9 Å². The van der Waals surface area contributed by atoms with Crippen LogP contribution in [-0.2, 0) is 17.8 Å². The van der Waals surface area contributed by atoms with E-state index in [0.29, 0.717) is 17.8 Å². The molecular formula is C21H29Cl2N3O2. The maximum Gasteiger partial charge on any atom is 0.251 e. The van der Waals surface area contributed by atoms with Crippen LogP contribution in [0.5, 0.6) is 0 Å². The molecule has 1 aliphatic rings. The van der Waals surface area contributed by atoms with E-state index in [4.69, 9.17) is 10.5 Å². The van der Waals surface area contributed by atoms with Crippen LogP contribution in [0, 0.1) is 0 Å². The summed E-state index contributed by atoms with van der Waals surface area (Å²) in [6, 6.07) is 15.4. The van der Waals surface area contributed by atoms with Crippen molar-refractivity contribution in [1.82, 2.24) is 10.2 Å². The number of hydrogen-bond acceptors (Lipinski definition) is 4. The van der Waals surface area contributed by atoms with Crippen molar-refractivity contribution in [2.75, 3.05) is 18.8 Å². The van der Waals surface area contributed by atoms with Crippen molar-refractivity contribution in [3.8, 4) is 0 Å². The number of carbonyl (C=O) groups excluding carboxylic acids is 1. The van der Waals surface area contributed by atoms with E-state index in [2.05, 4.69) is 48.3 Å². The molecule has 2 atom stereocenters. The van der Waals surface area contributed by atoms with Gasteiger partial charge in [-0.3, -0.25) is 9.69 Å². The molecular weight excluding hydrogens is 397 g/mol. The lowest BCUT2D eigenvalue weighted by atomic mass is 10.1. The van der Waals surface area contributed by atoms with Gasteiger partial charge in [-0.1, -0.05) is 30.3 Å². The summed E-state index contributed by atoms with van der Waals surface area (Å²) in [5, 5.41) is 2.93. The quantitative estimate of drug-likeness (QED) is 0.717. The van der Waals surface area contributed by atoms with E-state index in [0.717, 1.165) is 25.2 Å². The molecule has 2 aromatic rings. The minimum Gasteiger partial charge on any atom is -0.399 e. The van der Waals surface area contributed by atoms with Gasteiger partial charge in [-0.25, -0.2) is 0 Å². The number of rotatable bonds is 5. The number of halogens is 2. The molecule has 0 spiro atoms. The summed E-state index contributed by atoms with van der Waals surface area (Å²) in [5.41, 5.74) is 9.25. The van der Waals surface area contributed by atoms with Gasteiger partial charge < -0.3 is 15.8 Å². The lowest BCUT2D eigenvalue weighted by molar-refractivity contribution is -0.0704. The average Bonchev–Trinajstić information content (AvgIpc) is 2.60. The highest BCUT2D eigenvalue weighted by atomic mass is 35.5. The topological polar surface area (TPSA) is 67.6 Å². The number of nitrogens with two attached hydrogens (primary N) is 1. The van der Waals surface area contributed by atoms with Crippen molar-refractivity contribution in [2.24, 2.45) is 0 Å². The second kappa shape index (κ2) is 11.3. The predicted octanol–water partition coefficient (Wildman–Crippen LogP) is 3.65. The zero-order valence-electron chi connectivity index (χ0n) is 16.3. The second-order valence-corrected chi connectivity index (χ2v) is 7.08. The highest BCUT2D eigenvalue weighted by Crippen LogP contribution is 2.15. The Balaban J connectivity index is 0.00000196. The van der Waals surface area contributed by atoms with Gasteiger partial charge >= 0.3 is 0 Å². The number of benzene rings is 2. The SMILES string of the molecule is CC1CN(Cc2ccc(CNC(=O)c3cccc(N)c3)cc2)CC(C)O1.Cl.Cl. The number of nitrogen functional groups attached to an aromatic ring is 1. The van der Waals surface area contributed by atoms with Crippen molar-refractivity contribution < 1.29 is 9.53 Å². The van der Waals surface area contributed by atoms with Crippen molar-refractivity contribution in [2.45, 2.75) is 39.1 Å². The third kappa shape index (κ3) is 6.99. The Hall–Kier alpha value is -1.79. The highest BCUT2D eigenvalue weighted by molar-refractivity contribution is 5.94. The van der Waals surface area contributed by atoms with Gasteiger partial charge in [0.15, 0.2) is 0 Å². The molecule has 0 saturated carbocycles. The van der Waals surface area contributed by atoms with Gasteiger partial charge in [-0.2, -0.15) is 0 Å². The summed E-state index contributed by atoms with van der Waals surface area (Å²) in [5.74, 6) is -0.113. The van der Waals surface area contributed by atoms with Crippen LogP contribution in [0.3, 0.4) is 0 Å². The maximum absolute atomic E-state index is 12.2. The van der Waals surface area contributed by atoms with Gasteiger partial charge in [0, 0.05) is 37.4 Å². The smallest absolute Gasteiger partial charge is 0.251 e. The van der Waals surface area contributed by atoms with E-state index < -0.39 is 0 Å². The highest BCUT2D eigenvalue weighted by Gasteiger charge is 2.21. The second-order valence-electron chi connectivity index (χ2n) is 7.08. The summed E-state index contributed by atoms with van der Waals surface area (Å²) >= 11 is 0. The fourth-order valence-electron chi connectivity index (χ4n) is 3.40. The number of amides is 1. The van der Waals surface area contributed by atoms with Gasteiger partial charge in [0.2, 0.25) is 0 Å². The number of ether oxygens (including phenoxy) is 1. The largest absolute Gasteiger partial charge is 0.399 e. The molecule has 2 aromatic carbocycles. The molecule has 0 bridgehead atoms. The Morgan fingerprint density at radius 3 is 2.29 bits per heavy atom. The van der Waals surface area contributed by atoms with Crippen molar-refractivity contribution in [3.05, 3.63) is 65.2 Å². The number of nitrogens with one attached hydrogen (secondary N) is 1. The lowest BCUT2D eigenvalue weighted by Gasteiger charge is -2.35. The van der Waals surface area contributed by atoms with E-state index in [1.54, 1.807) is 24.3 Å². The summed E-state index contributed by atoms with van der Waals surface area (Å²) < 4.78 is 5.78. The third-order valence-electron chi connectivity index (χ3n) is 4.53. The van der Waals surface area contributed by atoms with Crippen molar-refractivity contribution >= 4 is 36.4 Å². The average molecular weight is 426 g/mol. The Labute approximate surface area is 179 Å². The van der Waals surface area contributed by atoms with Crippen LogP contribution >= 0.6 is 24.8 Å². The zero-order chi connectivity index (χ0) is 18.5. The number of hydrogen-bond donors (Lipinski definition) is 2. The molecule has 5 nitrogen and oxygen atoms in total. The molecule has 2 unspecified atom stereocenters. The van der Waals surface area contributed by atoms with Gasteiger partial charge in [0.05, 0.1) is 12.2 Å². The summed E-state index contributed by atoms with van der Waals surface area (Å²) in [4.78, 5) is 14.6. The summed E-state index contributed by atoms with van der Waals surface area (Å²) in [6.07, 6.45) is 0.556. The van der Waals surface area contributed by atoms with E-state index in [1.807, 2.05) is 0 Å². The van der Waals surface area contributed by atoms with Crippen LogP contribution in [0.4, 0.5) is 5.69 Å². The van der Waals surface area contributed by atoms with Crippen molar-refractivity contribution in [3.63, 3.8) is 0 Å². The Morgan fingerprint density at radius 2 is 1.68 bits per heavy atom. The van der Waals surface area contributed by atoms with Crippen molar-refractivity contribution in [1.29, 1.82) is 0 Å². The summed E-state index contributed by atoms with van der Waals surface area (Å²) in [6.45, 7) is 7.59. The third-order valence-corrected chi connectivity index (χ3v) is 4.53. The normalized spacial score (nSPS) is 19.2. The molecule has 7 heteroatoms. The molecule has 0 aromatic heterocycles. The number of morpholine rings is 1. The van der Waals surface area contributed by atoms with E-state index >= 15 is 0 Å². The summed E-state index contributed by atoms with van der Waals surface area (Å²) in [7, 11) is 0. The molecule has 3 N–H and O–H groups in total. The standard InChI is InChI=1S/C21H27N3O2.2ClH/c1-15-12-24(13-16(2)26-15)14-18-8-6-17(7-9-18)11-23-21(25)19-4-3-5-20(22)10-19;;/h3-10,15-16H,11-14,22H2,1-2H3,(H,23,25);2*1H. The van der Waals surface area contributed by atoms with Crippen LogP contribution < -0.4 is 11.1 Å². The number of anilines is 1. The fraction of sp³-hybridized carbons (Fsp3) is 0.381. The molecule has 0 radical (unpaired) electrons. The van der Waals surface area contributed by atoms with Crippen LogP contribution in [-0.4, -0.2) is 36.1 Å². The number of carbonyl (C=O) groups is 1. The van der Waals surface area contributed by atoms with Gasteiger partial charge in [-0.05, 0) is 43.2 Å². The first kappa shape index (κ1) is 24.2. The molecule has 1 saturated heterocycles. The van der Waals surface area contributed by atoms with Crippen LogP contribution in [0.15, 0.2) is 48.5 Å². The molecule has 1 aliphatic heterocycles. The van der Waals surface area contributed by atoms with Crippen LogP contribution in [0.25, 0.3) is 0 Å². The minimum absolute atomic E-state index is 0. The fourth-order valence-corrected chi connectivity index (χ4v) is 3.40. The molecule has 0 aliphatic carbocycles. The van der Waals surface area contributed by atoms with E-state index in [1.165, 1.54) is 5.56 Å². The van der Waals surface area contributed by atoms with Gasteiger partial charge in [-0.15, -0.1) is 24.8 Å². The Kier molecular flexibility index (Phi) is 9.76. The maximum atomic E-state index is 12.2. The molecule has 28 heavy (non-hydrogen) atoms. The molecule has 154 valence electrons. The Morgan fingerprint density at radius 1 is 1.07 bits per heavy atom. The molecule has 1 amide bonds. The van der Waals surface area contributed by atoms with Crippen LogP contribution in [0.1, 0.15) is 35.3 Å². The first-order valence-corrected chi connectivity index (χ1v) is 9.09. The van der Waals surface area contributed by atoms with Gasteiger partial charge in [0.25, 0.3) is 5.91 Å².